The molecule has 2 aromatic heterocycles. The second-order valence-corrected chi connectivity index (χ2v) is 7.93. The van der Waals surface area contributed by atoms with Crippen molar-refractivity contribution in [3.05, 3.63) is 51.0 Å². The normalized spacial score (nSPS) is 19.4. The van der Waals surface area contributed by atoms with Gasteiger partial charge in [0.05, 0.1) is 22.0 Å². The number of aromatic amines is 1. The van der Waals surface area contributed by atoms with Crippen molar-refractivity contribution in [3.63, 3.8) is 0 Å². The third-order valence-electron chi connectivity index (χ3n) is 3.24. The molecule has 0 bridgehead atoms. The highest BCUT2D eigenvalue weighted by Crippen LogP contribution is 2.24. The predicted molar refractivity (Wildman–Crippen MR) is 86.7 cm³/mol. The van der Waals surface area contributed by atoms with Gasteiger partial charge in [-0.15, -0.1) is 11.3 Å². The first-order valence-electron chi connectivity index (χ1n) is 6.39. The third-order valence-corrected chi connectivity index (χ3v) is 5.71. The lowest BCUT2D eigenvalue weighted by atomic mass is 10.2. The van der Waals surface area contributed by atoms with Crippen LogP contribution in [0.1, 0.15) is 15.2 Å². The van der Waals surface area contributed by atoms with Gasteiger partial charge in [0, 0.05) is 10.3 Å². The molecule has 0 aromatic carbocycles. The number of pyridine rings is 1. The summed E-state index contributed by atoms with van der Waals surface area (Å²) in [4.78, 5) is 27.7. The van der Waals surface area contributed by atoms with Crippen LogP contribution in [0.4, 0.5) is 0 Å². The van der Waals surface area contributed by atoms with E-state index in [1.165, 1.54) is 23.5 Å². The van der Waals surface area contributed by atoms with E-state index in [4.69, 9.17) is 0 Å². The van der Waals surface area contributed by atoms with Gasteiger partial charge in [-0.3, -0.25) is 9.59 Å². The molecule has 1 amide bonds. The van der Waals surface area contributed by atoms with E-state index in [-0.39, 0.29) is 11.3 Å². The Morgan fingerprint density at radius 3 is 2.86 bits per heavy atom. The van der Waals surface area contributed by atoms with Gasteiger partial charge in [0.15, 0.2) is 9.84 Å². The van der Waals surface area contributed by atoms with Crippen LogP contribution in [0.3, 0.4) is 0 Å². The van der Waals surface area contributed by atoms with Gasteiger partial charge in [-0.2, -0.15) is 0 Å². The Hall–Kier alpha value is -2.19. The topological polar surface area (TPSA) is 96.1 Å². The first-order valence-corrected chi connectivity index (χ1v) is 8.92. The SMILES string of the molecule is C=Cc1cc2[nH]c(=O)c(C(=O)NC3C=CS(=O)(=O)C3)cc2s1. The molecule has 3 heterocycles. The molecular formula is C14H12N2O4S2. The zero-order valence-electron chi connectivity index (χ0n) is 11.3. The summed E-state index contributed by atoms with van der Waals surface area (Å²) in [6, 6.07) is 2.68. The van der Waals surface area contributed by atoms with Crippen LogP contribution in [-0.4, -0.2) is 31.1 Å². The number of hydrogen-bond acceptors (Lipinski definition) is 5. The van der Waals surface area contributed by atoms with E-state index in [1.54, 1.807) is 12.1 Å². The lowest BCUT2D eigenvalue weighted by Gasteiger charge is -2.09. The molecule has 8 heteroatoms. The Kier molecular flexibility index (Phi) is 3.50. The summed E-state index contributed by atoms with van der Waals surface area (Å²) in [6.45, 7) is 3.66. The first-order chi connectivity index (χ1) is 10.4. The van der Waals surface area contributed by atoms with Gasteiger partial charge in [-0.25, -0.2) is 8.42 Å². The van der Waals surface area contributed by atoms with Gasteiger partial charge in [0.1, 0.15) is 5.56 Å². The van der Waals surface area contributed by atoms with E-state index in [0.29, 0.717) is 5.52 Å². The van der Waals surface area contributed by atoms with Gasteiger partial charge in [-0.1, -0.05) is 12.7 Å². The van der Waals surface area contributed by atoms with Crippen molar-refractivity contribution in [2.75, 3.05) is 5.75 Å². The summed E-state index contributed by atoms with van der Waals surface area (Å²) in [7, 11) is -3.26. The number of amides is 1. The van der Waals surface area contributed by atoms with Crippen LogP contribution in [-0.2, 0) is 9.84 Å². The third kappa shape index (κ3) is 2.75. The molecule has 1 aliphatic rings. The van der Waals surface area contributed by atoms with Crippen molar-refractivity contribution in [1.82, 2.24) is 10.3 Å². The summed E-state index contributed by atoms with van der Waals surface area (Å²) in [6.07, 6.45) is 3.07. The van der Waals surface area contributed by atoms with Crippen molar-refractivity contribution < 1.29 is 13.2 Å². The van der Waals surface area contributed by atoms with Crippen LogP contribution < -0.4 is 10.9 Å². The lowest BCUT2D eigenvalue weighted by molar-refractivity contribution is 0.0946. The molecule has 0 aliphatic carbocycles. The molecule has 0 saturated heterocycles. The van der Waals surface area contributed by atoms with Crippen LogP contribution in [0.25, 0.3) is 16.3 Å². The second kappa shape index (κ2) is 5.22. The largest absolute Gasteiger partial charge is 0.345 e. The minimum Gasteiger partial charge on any atom is -0.345 e. The summed E-state index contributed by atoms with van der Waals surface area (Å²) in [5, 5.41) is 3.61. The van der Waals surface area contributed by atoms with E-state index in [9.17, 15) is 18.0 Å². The number of H-pyrrole nitrogens is 1. The van der Waals surface area contributed by atoms with Crippen molar-refractivity contribution in [1.29, 1.82) is 0 Å². The molecule has 0 radical (unpaired) electrons. The van der Waals surface area contributed by atoms with Crippen molar-refractivity contribution in [2.45, 2.75) is 6.04 Å². The quantitative estimate of drug-likeness (QED) is 0.882. The van der Waals surface area contributed by atoms with Crippen molar-refractivity contribution >= 4 is 43.4 Å². The zero-order chi connectivity index (χ0) is 15.9. The predicted octanol–water partition coefficient (Wildman–Crippen LogP) is 1.27. The van der Waals surface area contributed by atoms with Crippen molar-refractivity contribution in [3.8, 4) is 0 Å². The summed E-state index contributed by atoms with van der Waals surface area (Å²) in [5.41, 5.74) is 0.0932. The maximum atomic E-state index is 12.2. The zero-order valence-corrected chi connectivity index (χ0v) is 13.0. The number of carbonyl (C=O) groups excluding carboxylic acids is 1. The summed E-state index contributed by atoms with van der Waals surface area (Å²) >= 11 is 1.40. The molecular weight excluding hydrogens is 324 g/mol. The lowest BCUT2D eigenvalue weighted by Crippen LogP contribution is -2.38. The van der Waals surface area contributed by atoms with Crippen LogP contribution in [0.15, 0.2) is 35.0 Å². The Bertz CT molecular complexity index is 966. The summed E-state index contributed by atoms with van der Waals surface area (Å²) in [5.74, 6) is -0.776. The standard InChI is InChI=1S/C14H12N2O4S2/c1-2-9-5-11-12(21-9)6-10(14(18)16-11)13(17)15-8-3-4-22(19,20)7-8/h2-6,8H,1,7H2,(H,15,17)(H,16,18). The van der Waals surface area contributed by atoms with E-state index in [1.807, 2.05) is 0 Å². The minimum absolute atomic E-state index is 0.0392. The molecule has 2 aromatic rings. The maximum absolute atomic E-state index is 12.2. The fourth-order valence-corrected chi connectivity index (χ4v) is 4.34. The number of carbonyl (C=O) groups is 1. The van der Waals surface area contributed by atoms with E-state index >= 15 is 0 Å². The fraction of sp³-hybridized carbons (Fsp3) is 0.143. The molecule has 1 atom stereocenters. The molecule has 0 saturated carbocycles. The van der Waals surface area contributed by atoms with Gasteiger partial charge in [-0.05, 0) is 18.2 Å². The fourth-order valence-electron chi connectivity index (χ4n) is 2.20. The molecule has 3 rings (SSSR count). The Labute approximate surface area is 130 Å². The van der Waals surface area contributed by atoms with Gasteiger partial charge < -0.3 is 10.3 Å². The van der Waals surface area contributed by atoms with E-state index < -0.39 is 27.3 Å². The number of fused-ring (bicyclic) bond motifs is 1. The van der Waals surface area contributed by atoms with Gasteiger partial charge in [0.25, 0.3) is 11.5 Å². The average molecular weight is 336 g/mol. The Morgan fingerprint density at radius 2 is 2.23 bits per heavy atom. The van der Waals surface area contributed by atoms with E-state index in [0.717, 1.165) is 15.0 Å². The highest BCUT2D eigenvalue weighted by Gasteiger charge is 2.24. The molecule has 6 nitrogen and oxygen atoms in total. The Balaban J connectivity index is 1.91. The minimum atomic E-state index is -3.26. The summed E-state index contributed by atoms with van der Waals surface area (Å²) < 4.78 is 23.4. The molecule has 114 valence electrons. The number of thiophene rings is 1. The molecule has 22 heavy (non-hydrogen) atoms. The highest BCUT2D eigenvalue weighted by molar-refractivity contribution is 7.94. The van der Waals surface area contributed by atoms with Crippen LogP contribution in [0.2, 0.25) is 0 Å². The van der Waals surface area contributed by atoms with Gasteiger partial charge >= 0.3 is 0 Å². The highest BCUT2D eigenvalue weighted by atomic mass is 32.2. The molecule has 0 spiro atoms. The first kappa shape index (κ1) is 14.7. The second-order valence-electron chi connectivity index (χ2n) is 4.88. The monoisotopic (exact) mass is 336 g/mol. The number of aromatic nitrogens is 1. The smallest absolute Gasteiger partial charge is 0.261 e. The van der Waals surface area contributed by atoms with Crippen LogP contribution in [0.5, 0.6) is 0 Å². The van der Waals surface area contributed by atoms with E-state index in [2.05, 4.69) is 16.9 Å². The van der Waals surface area contributed by atoms with Crippen LogP contribution in [0, 0.1) is 0 Å². The molecule has 1 aliphatic heterocycles. The molecule has 2 N–H and O–H groups in total. The number of nitrogens with one attached hydrogen (secondary N) is 2. The molecule has 0 fully saturated rings. The molecule has 1 unspecified atom stereocenters. The number of hydrogen-bond donors (Lipinski definition) is 2. The maximum Gasteiger partial charge on any atom is 0.261 e. The average Bonchev–Trinajstić information content (AvgIpc) is 3.00. The number of sulfone groups is 1. The van der Waals surface area contributed by atoms with Crippen LogP contribution >= 0.6 is 11.3 Å². The number of rotatable bonds is 3. The van der Waals surface area contributed by atoms with Gasteiger partial charge in [0.2, 0.25) is 0 Å². The Morgan fingerprint density at radius 1 is 1.45 bits per heavy atom. The van der Waals surface area contributed by atoms with Crippen molar-refractivity contribution in [2.24, 2.45) is 0 Å².